The van der Waals surface area contributed by atoms with Crippen LogP contribution in [0.2, 0.25) is 0 Å². The van der Waals surface area contributed by atoms with E-state index < -0.39 is 40.5 Å². The number of hydrogen-bond donors (Lipinski definition) is 3. The quantitative estimate of drug-likeness (QED) is 0.189. The molecule has 0 aliphatic rings. The van der Waals surface area contributed by atoms with Gasteiger partial charge in [0.25, 0.3) is 0 Å². The summed E-state index contributed by atoms with van der Waals surface area (Å²) in [6, 6.07) is 8.20. The van der Waals surface area contributed by atoms with Crippen LogP contribution in [0.15, 0.2) is 30.3 Å². The number of hydrogen-bond acceptors (Lipinski definition) is 8. The summed E-state index contributed by atoms with van der Waals surface area (Å²) in [6.45, 7) is 4.97. The first-order valence-electron chi connectivity index (χ1n) is 7.84. The van der Waals surface area contributed by atoms with E-state index in [0.29, 0.717) is 0 Å². The molecule has 0 heterocycles. The first kappa shape index (κ1) is 22.2. The molecular weight excluding hydrogens is 362 g/mol. The SMILES string of the molecule is CC(C)(C)OC(=O)C(CCC(N)(N)NS(=O)[O-])C(=O)Oc1ccccc1. The van der Waals surface area contributed by atoms with E-state index in [1.165, 1.54) is 0 Å². The summed E-state index contributed by atoms with van der Waals surface area (Å²) in [4.78, 5) is 24.8. The highest BCUT2D eigenvalue weighted by molar-refractivity contribution is 7.77. The van der Waals surface area contributed by atoms with Gasteiger partial charge in [0.2, 0.25) is 0 Å². The third kappa shape index (κ3) is 8.50. The van der Waals surface area contributed by atoms with Crippen molar-refractivity contribution in [1.82, 2.24) is 4.72 Å². The molecule has 5 N–H and O–H groups in total. The lowest BCUT2D eigenvalue weighted by molar-refractivity contribution is -0.166. The molecule has 0 aliphatic heterocycles. The summed E-state index contributed by atoms with van der Waals surface area (Å²) < 4.78 is 33.8. The largest absolute Gasteiger partial charge is 0.760 e. The maximum absolute atomic E-state index is 12.4. The molecule has 0 aromatic heterocycles. The number of nitrogens with two attached hydrogens (primary N) is 2. The Kier molecular flexibility index (Phi) is 7.85. The summed E-state index contributed by atoms with van der Waals surface area (Å²) in [5.41, 5.74) is 10.4. The Hall–Kier alpha value is -1.85. The van der Waals surface area contributed by atoms with E-state index in [-0.39, 0.29) is 18.6 Å². The van der Waals surface area contributed by atoms with E-state index in [4.69, 9.17) is 20.9 Å². The normalized spacial score (nSPS) is 14.4. The van der Waals surface area contributed by atoms with Gasteiger partial charge in [-0.25, -0.2) is 4.72 Å². The average molecular weight is 386 g/mol. The fourth-order valence-corrected chi connectivity index (χ4v) is 2.38. The van der Waals surface area contributed by atoms with Crippen molar-refractivity contribution in [2.45, 2.75) is 45.0 Å². The molecule has 1 aromatic carbocycles. The van der Waals surface area contributed by atoms with Gasteiger partial charge in [0.15, 0.2) is 5.92 Å². The minimum Gasteiger partial charge on any atom is -0.760 e. The summed E-state index contributed by atoms with van der Waals surface area (Å²) >= 11 is -2.70. The highest BCUT2D eigenvalue weighted by Crippen LogP contribution is 2.20. The van der Waals surface area contributed by atoms with Gasteiger partial charge in [-0.3, -0.25) is 13.8 Å². The predicted octanol–water partition coefficient (Wildman–Crippen LogP) is 0.285. The molecule has 2 unspecified atom stereocenters. The Morgan fingerprint density at radius 3 is 2.27 bits per heavy atom. The van der Waals surface area contributed by atoms with Gasteiger partial charge in [0, 0.05) is 11.3 Å². The molecule has 146 valence electrons. The lowest BCUT2D eigenvalue weighted by Gasteiger charge is -2.28. The minimum absolute atomic E-state index is 0.169. The van der Waals surface area contributed by atoms with E-state index in [2.05, 4.69) is 0 Å². The Labute approximate surface area is 154 Å². The average Bonchev–Trinajstić information content (AvgIpc) is 2.44. The van der Waals surface area contributed by atoms with E-state index in [0.717, 1.165) is 0 Å². The van der Waals surface area contributed by atoms with Crippen LogP contribution in [0.1, 0.15) is 33.6 Å². The number of ether oxygens (including phenoxy) is 2. The maximum Gasteiger partial charge on any atom is 0.325 e. The molecule has 0 aliphatic carbocycles. The molecule has 0 saturated heterocycles. The lowest BCUT2D eigenvalue weighted by atomic mass is 10.0. The fraction of sp³-hybridized carbons (Fsp3) is 0.500. The number of benzene rings is 1. The van der Waals surface area contributed by atoms with Crippen molar-refractivity contribution in [3.63, 3.8) is 0 Å². The lowest BCUT2D eigenvalue weighted by Crippen LogP contribution is -2.61. The number of nitrogens with one attached hydrogen (secondary N) is 1. The van der Waals surface area contributed by atoms with Crippen LogP contribution in [0.5, 0.6) is 5.75 Å². The molecule has 0 fully saturated rings. The molecule has 0 saturated carbocycles. The third-order valence-electron chi connectivity index (χ3n) is 3.06. The van der Waals surface area contributed by atoms with Crippen LogP contribution in [0.25, 0.3) is 0 Å². The van der Waals surface area contributed by atoms with Gasteiger partial charge in [-0.05, 0) is 45.7 Å². The van der Waals surface area contributed by atoms with Crippen LogP contribution >= 0.6 is 0 Å². The second-order valence-corrected chi connectivity index (χ2v) is 7.41. The van der Waals surface area contributed by atoms with Crippen LogP contribution in [0.3, 0.4) is 0 Å². The van der Waals surface area contributed by atoms with Crippen molar-refractivity contribution < 1.29 is 27.8 Å². The zero-order valence-corrected chi connectivity index (χ0v) is 15.7. The van der Waals surface area contributed by atoms with Crippen molar-refractivity contribution >= 4 is 23.2 Å². The Morgan fingerprint density at radius 2 is 1.77 bits per heavy atom. The summed E-state index contributed by atoms with van der Waals surface area (Å²) in [5, 5.41) is 0. The minimum atomic E-state index is -2.70. The van der Waals surface area contributed by atoms with Gasteiger partial charge in [-0.1, -0.05) is 18.2 Å². The Morgan fingerprint density at radius 1 is 1.19 bits per heavy atom. The van der Waals surface area contributed by atoms with Gasteiger partial charge < -0.3 is 25.5 Å². The van der Waals surface area contributed by atoms with Crippen LogP contribution in [0.4, 0.5) is 0 Å². The van der Waals surface area contributed by atoms with Gasteiger partial charge in [-0.2, -0.15) is 0 Å². The second-order valence-electron chi connectivity index (χ2n) is 6.74. The summed E-state index contributed by atoms with van der Waals surface area (Å²) in [7, 11) is 0. The van der Waals surface area contributed by atoms with Crippen molar-refractivity contribution in [2.24, 2.45) is 17.4 Å². The van der Waals surface area contributed by atoms with Crippen molar-refractivity contribution in [1.29, 1.82) is 0 Å². The van der Waals surface area contributed by atoms with Gasteiger partial charge in [0.1, 0.15) is 17.1 Å². The smallest absolute Gasteiger partial charge is 0.325 e. The van der Waals surface area contributed by atoms with Crippen LogP contribution < -0.4 is 20.9 Å². The van der Waals surface area contributed by atoms with Gasteiger partial charge in [-0.15, -0.1) is 0 Å². The van der Waals surface area contributed by atoms with Crippen LogP contribution in [-0.2, 0) is 25.6 Å². The molecule has 9 nitrogen and oxygen atoms in total. The monoisotopic (exact) mass is 386 g/mol. The molecule has 2 atom stereocenters. The molecule has 10 heteroatoms. The zero-order valence-electron chi connectivity index (χ0n) is 14.9. The summed E-state index contributed by atoms with van der Waals surface area (Å²) in [5.74, 6) is -4.53. The molecule has 0 radical (unpaired) electrons. The Bertz CT molecular complexity index is 645. The van der Waals surface area contributed by atoms with Crippen LogP contribution in [-0.4, -0.2) is 32.1 Å². The molecular formula is C16H24N3O6S-. The van der Waals surface area contributed by atoms with Gasteiger partial charge in [0.05, 0.1) is 0 Å². The topological polar surface area (TPSA) is 157 Å². The third-order valence-corrected chi connectivity index (χ3v) is 3.60. The summed E-state index contributed by atoms with van der Waals surface area (Å²) in [6.07, 6.45) is -0.368. The molecule has 0 spiro atoms. The van der Waals surface area contributed by atoms with E-state index in [1.54, 1.807) is 51.1 Å². The molecule has 1 rings (SSSR count). The number of carbonyl (C=O) groups is 2. The number of para-hydroxylation sites is 1. The van der Waals surface area contributed by atoms with Crippen molar-refractivity contribution in [2.75, 3.05) is 0 Å². The molecule has 26 heavy (non-hydrogen) atoms. The predicted molar refractivity (Wildman–Crippen MR) is 93.8 cm³/mol. The maximum atomic E-state index is 12.4. The molecule has 0 amide bonds. The standard InChI is InChI=1S/C16H25N3O6S/c1-15(2,3)25-14(21)12(9-10-16(17,18)19-26(22)23)13(20)24-11-7-5-4-6-8-11/h4-8,12,19H,9-10,17-18H2,1-3H3,(H,22,23)/p-1. The fourth-order valence-electron chi connectivity index (χ4n) is 1.97. The first-order chi connectivity index (χ1) is 11.9. The van der Waals surface area contributed by atoms with E-state index in [1.807, 2.05) is 4.72 Å². The molecule has 0 bridgehead atoms. The van der Waals surface area contributed by atoms with Crippen molar-refractivity contribution in [3.05, 3.63) is 30.3 Å². The van der Waals surface area contributed by atoms with Crippen molar-refractivity contribution in [3.8, 4) is 5.75 Å². The van der Waals surface area contributed by atoms with Crippen LogP contribution in [0, 0.1) is 5.92 Å². The Balaban J connectivity index is 2.89. The highest BCUT2D eigenvalue weighted by atomic mass is 32.2. The van der Waals surface area contributed by atoms with Gasteiger partial charge >= 0.3 is 11.9 Å². The number of rotatable bonds is 8. The first-order valence-corrected chi connectivity index (χ1v) is 8.91. The highest BCUT2D eigenvalue weighted by Gasteiger charge is 2.35. The molecule has 1 aromatic rings. The van der Waals surface area contributed by atoms with E-state index >= 15 is 0 Å². The number of carbonyl (C=O) groups excluding carboxylic acids is 2. The van der Waals surface area contributed by atoms with E-state index in [9.17, 15) is 18.4 Å². The second kappa shape index (κ2) is 9.19. The zero-order chi connectivity index (χ0) is 20.0. The number of esters is 2.